The summed E-state index contributed by atoms with van der Waals surface area (Å²) in [5.41, 5.74) is 4.71. The molecule has 20 heavy (non-hydrogen) atoms. The van der Waals surface area contributed by atoms with Gasteiger partial charge in [0.25, 0.3) is 11.8 Å². The van der Waals surface area contributed by atoms with Gasteiger partial charge in [-0.3, -0.25) is 9.59 Å². The Hall–Kier alpha value is -2.08. The van der Waals surface area contributed by atoms with Crippen LogP contribution in [0.5, 0.6) is 5.75 Å². The highest BCUT2D eigenvalue weighted by atomic mass is 16.5. The molecule has 1 saturated heterocycles. The summed E-state index contributed by atoms with van der Waals surface area (Å²) in [6, 6.07) is 6.50. The van der Waals surface area contributed by atoms with Crippen molar-refractivity contribution in [3.63, 3.8) is 0 Å². The summed E-state index contributed by atoms with van der Waals surface area (Å²) >= 11 is 0. The first-order valence-electron chi connectivity index (χ1n) is 6.47. The number of primary amides is 1. The Labute approximate surface area is 117 Å². The van der Waals surface area contributed by atoms with E-state index in [2.05, 4.69) is 0 Å². The minimum absolute atomic E-state index is 0.177. The highest BCUT2D eigenvalue weighted by Crippen LogP contribution is 2.24. The monoisotopic (exact) mass is 278 g/mol. The summed E-state index contributed by atoms with van der Waals surface area (Å²) in [5.74, 6) is -0.528. The molecule has 0 radical (unpaired) electrons. The van der Waals surface area contributed by atoms with Crippen LogP contribution in [0.15, 0.2) is 24.3 Å². The molecule has 1 fully saturated rings. The van der Waals surface area contributed by atoms with Gasteiger partial charge in [0.1, 0.15) is 5.75 Å². The standard InChI is InChI=1S/C14H18N2O4/c1-2-14(19)8-16(9-14)12(17)7-20-11-6-4-3-5-10(11)13(15)18/h3-6,19H,2,7-9H2,1H3,(H2,15,18). The van der Waals surface area contributed by atoms with Crippen molar-refractivity contribution in [1.29, 1.82) is 0 Å². The van der Waals surface area contributed by atoms with Crippen LogP contribution in [0.1, 0.15) is 23.7 Å². The first-order valence-corrected chi connectivity index (χ1v) is 6.47. The summed E-state index contributed by atoms with van der Waals surface area (Å²) in [6.07, 6.45) is 0.613. The lowest BCUT2D eigenvalue weighted by Crippen LogP contribution is -2.63. The van der Waals surface area contributed by atoms with Crippen LogP contribution in [-0.2, 0) is 4.79 Å². The van der Waals surface area contributed by atoms with Crippen LogP contribution in [0.2, 0.25) is 0 Å². The van der Waals surface area contributed by atoms with Gasteiger partial charge >= 0.3 is 0 Å². The van der Waals surface area contributed by atoms with Crippen molar-refractivity contribution in [2.45, 2.75) is 18.9 Å². The van der Waals surface area contributed by atoms with Crippen molar-refractivity contribution < 1.29 is 19.4 Å². The van der Waals surface area contributed by atoms with Crippen molar-refractivity contribution >= 4 is 11.8 Å². The van der Waals surface area contributed by atoms with E-state index < -0.39 is 11.5 Å². The number of benzene rings is 1. The van der Waals surface area contributed by atoms with E-state index in [0.717, 1.165) is 0 Å². The van der Waals surface area contributed by atoms with E-state index in [1.807, 2.05) is 6.92 Å². The molecule has 1 heterocycles. The zero-order valence-corrected chi connectivity index (χ0v) is 11.3. The number of para-hydroxylation sites is 1. The fourth-order valence-electron chi connectivity index (χ4n) is 2.09. The quantitative estimate of drug-likeness (QED) is 0.801. The summed E-state index contributed by atoms with van der Waals surface area (Å²) in [5, 5.41) is 9.84. The molecule has 2 amide bonds. The molecule has 0 unspecified atom stereocenters. The first-order chi connectivity index (χ1) is 9.45. The van der Waals surface area contributed by atoms with E-state index >= 15 is 0 Å². The van der Waals surface area contributed by atoms with Gasteiger partial charge in [-0.1, -0.05) is 19.1 Å². The number of nitrogens with two attached hydrogens (primary N) is 1. The number of amides is 2. The zero-order valence-electron chi connectivity index (χ0n) is 11.3. The van der Waals surface area contributed by atoms with Gasteiger partial charge in [0.2, 0.25) is 0 Å². The highest BCUT2D eigenvalue weighted by molar-refractivity contribution is 5.95. The van der Waals surface area contributed by atoms with E-state index in [1.54, 1.807) is 24.3 Å². The minimum Gasteiger partial charge on any atom is -0.483 e. The molecule has 0 atom stereocenters. The molecular formula is C14H18N2O4. The van der Waals surface area contributed by atoms with Crippen molar-refractivity contribution in [2.24, 2.45) is 5.73 Å². The molecule has 6 heteroatoms. The Morgan fingerprint density at radius 3 is 2.65 bits per heavy atom. The van der Waals surface area contributed by atoms with Gasteiger partial charge in [-0.15, -0.1) is 0 Å². The molecule has 1 aromatic carbocycles. The molecule has 0 saturated carbocycles. The van der Waals surface area contributed by atoms with E-state index in [9.17, 15) is 14.7 Å². The second kappa shape index (κ2) is 5.50. The lowest BCUT2D eigenvalue weighted by atomic mass is 9.91. The molecule has 0 spiro atoms. The van der Waals surface area contributed by atoms with Crippen LogP contribution >= 0.6 is 0 Å². The predicted octanol–water partition coefficient (Wildman–Crippen LogP) is 0.148. The average Bonchev–Trinajstić information content (AvgIpc) is 2.41. The van der Waals surface area contributed by atoms with E-state index in [-0.39, 0.29) is 18.1 Å². The third-order valence-electron chi connectivity index (χ3n) is 3.48. The molecule has 1 aliphatic heterocycles. The normalized spacial score (nSPS) is 16.4. The number of hydrogen-bond donors (Lipinski definition) is 2. The van der Waals surface area contributed by atoms with Crippen LogP contribution in [-0.4, -0.2) is 47.1 Å². The van der Waals surface area contributed by atoms with Gasteiger partial charge in [-0.05, 0) is 18.6 Å². The molecule has 6 nitrogen and oxygen atoms in total. The third kappa shape index (κ3) is 2.91. The van der Waals surface area contributed by atoms with Crippen LogP contribution in [0.3, 0.4) is 0 Å². The van der Waals surface area contributed by atoms with Gasteiger partial charge < -0.3 is 20.5 Å². The summed E-state index contributed by atoms with van der Waals surface area (Å²) in [6.45, 7) is 2.35. The Morgan fingerprint density at radius 2 is 2.05 bits per heavy atom. The van der Waals surface area contributed by atoms with Gasteiger partial charge in [0, 0.05) is 0 Å². The Balaban J connectivity index is 1.90. The number of ether oxygens (including phenoxy) is 1. The third-order valence-corrected chi connectivity index (χ3v) is 3.48. The lowest BCUT2D eigenvalue weighted by Gasteiger charge is -2.45. The van der Waals surface area contributed by atoms with E-state index in [0.29, 0.717) is 25.3 Å². The molecule has 0 aliphatic carbocycles. The highest BCUT2D eigenvalue weighted by Gasteiger charge is 2.41. The SMILES string of the molecule is CCC1(O)CN(C(=O)COc2ccccc2C(N)=O)C1. The van der Waals surface area contributed by atoms with Gasteiger partial charge in [0.15, 0.2) is 6.61 Å². The predicted molar refractivity (Wildman–Crippen MR) is 72.3 cm³/mol. The van der Waals surface area contributed by atoms with Crippen molar-refractivity contribution in [3.05, 3.63) is 29.8 Å². The van der Waals surface area contributed by atoms with Crippen molar-refractivity contribution in [3.8, 4) is 5.75 Å². The second-order valence-electron chi connectivity index (χ2n) is 4.98. The first kappa shape index (κ1) is 14.3. The topological polar surface area (TPSA) is 92.9 Å². The maximum absolute atomic E-state index is 11.9. The number of hydrogen-bond acceptors (Lipinski definition) is 4. The molecule has 1 aliphatic rings. The zero-order chi connectivity index (χ0) is 14.8. The Bertz CT molecular complexity index is 524. The van der Waals surface area contributed by atoms with Crippen LogP contribution in [0.4, 0.5) is 0 Å². The molecular weight excluding hydrogens is 260 g/mol. The average molecular weight is 278 g/mol. The molecule has 1 aromatic rings. The molecule has 3 N–H and O–H groups in total. The van der Waals surface area contributed by atoms with Gasteiger partial charge in [-0.25, -0.2) is 0 Å². The van der Waals surface area contributed by atoms with Gasteiger partial charge in [0.05, 0.1) is 24.3 Å². The van der Waals surface area contributed by atoms with Gasteiger partial charge in [-0.2, -0.15) is 0 Å². The number of nitrogens with zero attached hydrogens (tertiary/aromatic N) is 1. The number of carbonyl (C=O) groups is 2. The van der Waals surface area contributed by atoms with E-state index in [1.165, 1.54) is 4.90 Å². The molecule has 0 aromatic heterocycles. The second-order valence-corrected chi connectivity index (χ2v) is 4.98. The maximum atomic E-state index is 11.9. The lowest BCUT2D eigenvalue weighted by molar-refractivity contribution is -0.157. The number of carbonyl (C=O) groups excluding carboxylic acids is 2. The maximum Gasteiger partial charge on any atom is 0.260 e. The molecule has 0 bridgehead atoms. The number of β-amino-alcohol motifs (C(OH)–C–C–N with tert-alkyl or cyclic N) is 1. The fourth-order valence-corrected chi connectivity index (χ4v) is 2.09. The fraction of sp³-hybridized carbons (Fsp3) is 0.429. The molecule has 2 rings (SSSR count). The molecule has 108 valence electrons. The number of likely N-dealkylation sites (tertiary alicyclic amines) is 1. The largest absolute Gasteiger partial charge is 0.483 e. The Morgan fingerprint density at radius 1 is 1.40 bits per heavy atom. The summed E-state index contributed by atoms with van der Waals surface area (Å²) in [7, 11) is 0. The number of rotatable bonds is 5. The smallest absolute Gasteiger partial charge is 0.260 e. The number of aliphatic hydroxyl groups is 1. The summed E-state index contributed by atoms with van der Waals surface area (Å²) in [4.78, 5) is 24.6. The van der Waals surface area contributed by atoms with E-state index in [4.69, 9.17) is 10.5 Å². The van der Waals surface area contributed by atoms with Crippen LogP contribution < -0.4 is 10.5 Å². The van der Waals surface area contributed by atoms with Crippen LogP contribution in [0.25, 0.3) is 0 Å². The van der Waals surface area contributed by atoms with Crippen molar-refractivity contribution in [1.82, 2.24) is 4.90 Å². The minimum atomic E-state index is -0.763. The summed E-state index contributed by atoms with van der Waals surface area (Å²) < 4.78 is 5.35. The van der Waals surface area contributed by atoms with Crippen LogP contribution in [0, 0.1) is 0 Å². The Kier molecular flexibility index (Phi) is 3.94. The van der Waals surface area contributed by atoms with Crippen molar-refractivity contribution in [2.75, 3.05) is 19.7 Å².